The number of amidine groups is 1. The zero-order valence-corrected chi connectivity index (χ0v) is 17.9. The first-order valence-corrected chi connectivity index (χ1v) is 11.5. The average Bonchev–Trinajstić information content (AvgIpc) is 2.91. The molecule has 2 N–H and O–H groups in total. The number of fused-ring (bicyclic) bond motifs is 2. The van der Waals surface area contributed by atoms with Crippen LogP contribution in [0.2, 0.25) is 0 Å². The van der Waals surface area contributed by atoms with Crippen molar-refractivity contribution in [3.63, 3.8) is 0 Å². The summed E-state index contributed by atoms with van der Waals surface area (Å²) in [5.74, 6) is -1.37. The molecule has 3 atom stereocenters. The second kappa shape index (κ2) is 8.19. The van der Waals surface area contributed by atoms with Gasteiger partial charge in [-0.1, -0.05) is 6.07 Å². The van der Waals surface area contributed by atoms with Crippen LogP contribution in [0.25, 0.3) is 11.9 Å². The highest BCUT2D eigenvalue weighted by atomic mass is 32.2. The fraction of sp³-hybridized carbons (Fsp3) is 0.381. The number of nitrogens with zero attached hydrogens (tertiary/aromatic N) is 3. The molecule has 11 heteroatoms. The number of alkyl halides is 1. The van der Waals surface area contributed by atoms with Crippen LogP contribution in [0.4, 0.5) is 13.2 Å². The van der Waals surface area contributed by atoms with Crippen LogP contribution in [0.5, 0.6) is 5.88 Å². The number of nitrogens with two attached hydrogens (primary N) is 1. The zero-order chi connectivity index (χ0) is 23.1. The predicted octanol–water partition coefficient (Wildman–Crippen LogP) is 3.18. The highest BCUT2D eigenvalue weighted by Gasteiger charge is 2.59. The third kappa shape index (κ3) is 3.64. The van der Waals surface area contributed by atoms with E-state index in [9.17, 15) is 21.6 Å². The van der Waals surface area contributed by atoms with Crippen molar-refractivity contribution in [3.05, 3.63) is 53.2 Å². The van der Waals surface area contributed by atoms with Crippen molar-refractivity contribution in [1.29, 1.82) is 0 Å². The van der Waals surface area contributed by atoms with E-state index in [-0.39, 0.29) is 35.1 Å². The minimum Gasteiger partial charge on any atom is -0.474 e. The van der Waals surface area contributed by atoms with E-state index in [2.05, 4.69) is 15.0 Å². The van der Waals surface area contributed by atoms with E-state index in [1.54, 1.807) is 6.92 Å². The summed E-state index contributed by atoms with van der Waals surface area (Å²) in [5.41, 5.74) is 6.11. The second-order valence-electron chi connectivity index (χ2n) is 7.89. The molecule has 170 valence electrons. The normalized spacial score (nSPS) is 26.6. The molecular weight excluding hydrogens is 445 g/mol. The van der Waals surface area contributed by atoms with Crippen LogP contribution in [-0.4, -0.2) is 47.5 Å². The fourth-order valence-corrected chi connectivity index (χ4v) is 6.50. The highest BCUT2D eigenvalue weighted by Crippen LogP contribution is 2.51. The van der Waals surface area contributed by atoms with Crippen molar-refractivity contribution in [2.45, 2.75) is 35.8 Å². The largest absolute Gasteiger partial charge is 0.474 e. The first kappa shape index (κ1) is 22.3. The maximum absolute atomic E-state index is 14.8. The molecule has 4 rings (SSSR count). The summed E-state index contributed by atoms with van der Waals surface area (Å²) in [6.45, 7) is 0.671. The minimum atomic E-state index is -3.65. The lowest BCUT2D eigenvalue weighted by Crippen LogP contribution is -2.48. The second-order valence-corrected chi connectivity index (χ2v) is 10.5. The summed E-state index contributed by atoms with van der Waals surface area (Å²) in [7, 11) is -3.65. The molecule has 1 fully saturated rings. The molecule has 2 aliphatic rings. The Hall–Kier alpha value is -2.95. The predicted molar refractivity (Wildman–Crippen MR) is 114 cm³/mol. The van der Waals surface area contributed by atoms with Crippen molar-refractivity contribution in [2.75, 3.05) is 13.3 Å². The van der Waals surface area contributed by atoms with E-state index in [1.807, 2.05) is 0 Å². The SMILES string of the molecule is C[C@]12CCC(C(N)=NC1c1cc(/C=C(\F)c3cnc(OCCF)cn3)ccc1F)S2(=O)=O. The van der Waals surface area contributed by atoms with Gasteiger partial charge in [0.15, 0.2) is 15.7 Å². The molecule has 0 aliphatic carbocycles. The monoisotopic (exact) mass is 466 g/mol. The van der Waals surface area contributed by atoms with Gasteiger partial charge in [-0.15, -0.1) is 0 Å². The van der Waals surface area contributed by atoms with E-state index in [4.69, 9.17) is 10.5 Å². The fourth-order valence-electron chi connectivity index (χ4n) is 4.15. The topological polar surface area (TPSA) is 108 Å². The van der Waals surface area contributed by atoms with Crippen LogP contribution in [-0.2, 0) is 9.84 Å². The smallest absolute Gasteiger partial charge is 0.232 e. The summed E-state index contributed by atoms with van der Waals surface area (Å²) in [6.07, 6.45) is 4.05. The van der Waals surface area contributed by atoms with Crippen LogP contribution in [0.15, 0.2) is 35.6 Å². The maximum Gasteiger partial charge on any atom is 0.232 e. The molecule has 1 saturated heterocycles. The Labute approximate surface area is 183 Å². The van der Waals surface area contributed by atoms with E-state index < -0.39 is 44.2 Å². The highest BCUT2D eigenvalue weighted by molar-refractivity contribution is 7.94. The number of ether oxygens (including phenoxy) is 1. The van der Waals surface area contributed by atoms with Crippen LogP contribution in [0, 0.1) is 5.82 Å². The van der Waals surface area contributed by atoms with E-state index >= 15 is 0 Å². The van der Waals surface area contributed by atoms with Crippen LogP contribution in [0.3, 0.4) is 0 Å². The lowest BCUT2D eigenvalue weighted by Gasteiger charge is -2.35. The maximum atomic E-state index is 14.8. The molecule has 0 spiro atoms. The number of aliphatic imine (C=N–C) groups is 1. The van der Waals surface area contributed by atoms with Crippen molar-refractivity contribution in [1.82, 2.24) is 9.97 Å². The first-order chi connectivity index (χ1) is 15.2. The Morgan fingerprint density at radius 3 is 2.81 bits per heavy atom. The summed E-state index contributed by atoms with van der Waals surface area (Å²) in [5, 5.41) is -0.845. The molecule has 0 radical (unpaired) electrons. The number of sulfone groups is 1. The lowest BCUT2D eigenvalue weighted by atomic mass is 9.90. The van der Waals surface area contributed by atoms with Crippen LogP contribution in [0.1, 0.15) is 42.6 Å². The Morgan fingerprint density at radius 2 is 2.12 bits per heavy atom. The van der Waals surface area contributed by atoms with Crippen molar-refractivity contribution in [2.24, 2.45) is 10.7 Å². The third-order valence-electron chi connectivity index (χ3n) is 5.92. The number of hydrogen-bond acceptors (Lipinski definition) is 7. The van der Waals surface area contributed by atoms with Gasteiger partial charge in [-0.25, -0.2) is 31.6 Å². The van der Waals surface area contributed by atoms with Gasteiger partial charge in [0, 0.05) is 5.56 Å². The van der Waals surface area contributed by atoms with Gasteiger partial charge in [0.05, 0.1) is 23.2 Å². The summed E-state index contributed by atoms with van der Waals surface area (Å²) < 4.78 is 71.2. The number of rotatable bonds is 6. The quantitative estimate of drug-likeness (QED) is 0.701. The lowest BCUT2D eigenvalue weighted by molar-refractivity contribution is 0.263. The molecule has 2 aliphatic heterocycles. The number of hydrogen-bond donors (Lipinski definition) is 1. The van der Waals surface area contributed by atoms with Gasteiger partial charge in [0.1, 0.15) is 35.9 Å². The Bertz CT molecular complexity index is 1200. The van der Waals surface area contributed by atoms with Gasteiger partial charge in [0.2, 0.25) is 5.88 Å². The molecule has 0 saturated carbocycles. The molecule has 0 amide bonds. The molecule has 1 aromatic carbocycles. The molecular formula is C21H21F3N4O3S. The minimum absolute atomic E-state index is 0.0261. The third-order valence-corrected chi connectivity index (χ3v) is 8.88. The van der Waals surface area contributed by atoms with Crippen molar-refractivity contribution >= 4 is 27.6 Å². The molecule has 1 aromatic heterocycles. The molecule has 3 heterocycles. The van der Waals surface area contributed by atoms with Gasteiger partial charge in [0.25, 0.3) is 0 Å². The molecule has 2 unspecified atom stereocenters. The molecule has 7 nitrogen and oxygen atoms in total. The standard InChI is InChI=1S/C21H21F3N4O3S/c1-21-5-4-17(32(21,29)30)20(25)28-19(21)13-8-12(2-3-14(13)23)9-15(24)16-10-27-18(11-26-16)31-7-6-22/h2-3,8-11,17,19H,4-7H2,1H3,(H2,25,28)/b15-9-/t17?,19?,21-/m0/s1. The van der Waals surface area contributed by atoms with Gasteiger partial charge >= 0.3 is 0 Å². The number of aromatic nitrogens is 2. The van der Waals surface area contributed by atoms with E-state index in [0.717, 1.165) is 24.5 Å². The average molecular weight is 466 g/mol. The van der Waals surface area contributed by atoms with Gasteiger partial charge in [-0.3, -0.25) is 4.99 Å². The summed E-state index contributed by atoms with van der Waals surface area (Å²) in [4.78, 5) is 12.1. The number of benzene rings is 1. The van der Waals surface area contributed by atoms with E-state index in [0.29, 0.717) is 12.8 Å². The van der Waals surface area contributed by atoms with Gasteiger partial charge < -0.3 is 10.5 Å². The van der Waals surface area contributed by atoms with Crippen LogP contribution >= 0.6 is 0 Å². The van der Waals surface area contributed by atoms with E-state index in [1.165, 1.54) is 12.1 Å². The Morgan fingerprint density at radius 1 is 1.34 bits per heavy atom. The Balaban J connectivity index is 1.67. The molecule has 2 aromatic rings. The van der Waals surface area contributed by atoms with Gasteiger partial charge in [-0.2, -0.15) is 0 Å². The van der Waals surface area contributed by atoms with Crippen molar-refractivity contribution in [3.8, 4) is 5.88 Å². The molecule has 32 heavy (non-hydrogen) atoms. The van der Waals surface area contributed by atoms with Gasteiger partial charge in [-0.05, 0) is 43.5 Å². The van der Waals surface area contributed by atoms with Crippen molar-refractivity contribution < 1.29 is 26.3 Å². The van der Waals surface area contributed by atoms with Crippen LogP contribution < -0.4 is 10.5 Å². The molecule has 2 bridgehead atoms. The zero-order valence-electron chi connectivity index (χ0n) is 17.1. The summed E-state index contributed by atoms with van der Waals surface area (Å²) >= 11 is 0. The summed E-state index contributed by atoms with van der Waals surface area (Å²) in [6, 6.07) is 2.82. The first-order valence-electron chi connectivity index (χ1n) is 9.92. The number of halogens is 3. The Kier molecular flexibility index (Phi) is 5.70.